The van der Waals surface area contributed by atoms with Crippen LogP contribution in [-0.4, -0.2) is 0 Å². The summed E-state index contributed by atoms with van der Waals surface area (Å²) >= 11 is 0. The van der Waals surface area contributed by atoms with Gasteiger partial charge in [0.05, 0.1) is 0 Å². The molecule has 0 amide bonds. The third-order valence-electron chi connectivity index (χ3n) is 1.47. The monoisotopic (exact) mass is 152 g/mol. The van der Waals surface area contributed by atoms with Gasteiger partial charge < -0.3 is 0 Å². The van der Waals surface area contributed by atoms with Crippen molar-refractivity contribution in [3.63, 3.8) is 0 Å². The summed E-state index contributed by atoms with van der Waals surface area (Å²) in [5.74, 6) is 0. The molecule has 11 heavy (non-hydrogen) atoms. The van der Waals surface area contributed by atoms with Crippen LogP contribution in [0.3, 0.4) is 0 Å². The zero-order chi connectivity index (χ0) is 9.44. The van der Waals surface area contributed by atoms with Crippen LogP contribution in [0.1, 0.15) is 34.1 Å². The summed E-state index contributed by atoms with van der Waals surface area (Å²) in [4.78, 5) is 0. The van der Waals surface area contributed by atoms with Gasteiger partial charge in [-0.05, 0) is 32.8 Å². The molecule has 0 aromatic rings. The van der Waals surface area contributed by atoms with Crippen molar-refractivity contribution >= 4 is 0 Å². The highest BCUT2D eigenvalue weighted by Crippen LogP contribution is 2.15. The van der Waals surface area contributed by atoms with E-state index >= 15 is 0 Å². The fraction of sp³-hybridized carbons (Fsp3) is 0.455. The molecule has 64 valence electrons. The molecule has 0 radical (unpaired) electrons. The van der Waals surface area contributed by atoms with E-state index in [1.54, 1.807) is 0 Å². The first kappa shape index (κ1) is 12.9. The lowest BCUT2D eigenvalue weighted by Crippen LogP contribution is -1.84. The minimum atomic E-state index is 1.11. The van der Waals surface area contributed by atoms with Crippen LogP contribution in [0.4, 0.5) is 0 Å². The lowest BCUT2D eigenvalue weighted by Gasteiger charge is -2.04. The number of hydrogen-bond acceptors (Lipinski definition) is 0. The highest BCUT2D eigenvalue weighted by Gasteiger charge is 1.94. The van der Waals surface area contributed by atoms with Crippen molar-refractivity contribution in [1.29, 1.82) is 0 Å². The van der Waals surface area contributed by atoms with Crippen LogP contribution in [0.5, 0.6) is 0 Å². The Bertz CT molecular complexity index is 145. The van der Waals surface area contributed by atoms with Gasteiger partial charge >= 0.3 is 0 Å². The Balaban J connectivity index is 0. The predicted octanol–water partition coefficient (Wildman–Crippen LogP) is 4.11. The topological polar surface area (TPSA) is 0 Å². The molecule has 0 spiro atoms. The fourth-order valence-electron chi connectivity index (χ4n) is 1.08. The number of hydrogen-bond donors (Lipinski definition) is 0. The summed E-state index contributed by atoms with van der Waals surface area (Å²) in [6.45, 7) is 18.4. The van der Waals surface area contributed by atoms with Gasteiger partial charge in [-0.15, -0.1) is 13.2 Å². The van der Waals surface area contributed by atoms with Crippen LogP contribution >= 0.6 is 0 Å². The lowest BCUT2D eigenvalue weighted by atomic mass is 10.0. The summed E-state index contributed by atoms with van der Waals surface area (Å²) in [6, 6.07) is 0. The van der Waals surface area contributed by atoms with E-state index in [1.807, 2.05) is 0 Å². The molecule has 0 atom stereocenters. The van der Waals surface area contributed by atoms with Gasteiger partial charge in [0, 0.05) is 0 Å². The average molecular weight is 152 g/mol. The van der Waals surface area contributed by atoms with E-state index in [2.05, 4.69) is 47.4 Å². The standard InChI is InChI=1S/C9H16.C2H4/c1-6-9(7(2)3)8(4)5;1-2/h2,6H2,1,3-5H3;1-2H2. The maximum atomic E-state index is 3.89. The van der Waals surface area contributed by atoms with Crippen LogP contribution < -0.4 is 0 Å². The zero-order valence-corrected chi connectivity index (χ0v) is 8.33. The van der Waals surface area contributed by atoms with Gasteiger partial charge in [0.25, 0.3) is 0 Å². The van der Waals surface area contributed by atoms with Gasteiger partial charge in [-0.3, -0.25) is 0 Å². The molecular weight excluding hydrogens is 132 g/mol. The molecule has 0 aliphatic carbocycles. The van der Waals surface area contributed by atoms with Gasteiger partial charge in [0.2, 0.25) is 0 Å². The molecular formula is C11H20. The Labute approximate surface area is 71.3 Å². The summed E-state index contributed by atoms with van der Waals surface area (Å²) in [5, 5.41) is 0. The van der Waals surface area contributed by atoms with E-state index in [-0.39, 0.29) is 0 Å². The molecule has 0 saturated carbocycles. The summed E-state index contributed by atoms with van der Waals surface area (Å²) in [7, 11) is 0. The van der Waals surface area contributed by atoms with E-state index in [0.29, 0.717) is 0 Å². The number of allylic oxidation sites excluding steroid dienone is 3. The SMILES string of the molecule is C=C.C=C(C)C(CC)=C(C)C. The highest BCUT2D eigenvalue weighted by molar-refractivity contribution is 5.29. The third-order valence-corrected chi connectivity index (χ3v) is 1.47. The average Bonchev–Trinajstić information content (AvgIpc) is 1.91. The summed E-state index contributed by atoms with van der Waals surface area (Å²) in [6.07, 6.45) is 1.11. The molecule has 0 aliphatic heterocycles. The van der Waals surface area contributed by atoms with Crippen molar-refractivity contribution in [1.82, 2.24) is 0 Å². The van der Waals surface area contributed by atoms with E-state index in [1.165, 1.54) is 16.7 Å². The Morgan fingerprint density at radius 1 is 1.09 bits per heavy atom. The van der Waals surface area contributed by atoms with Crippen LogP contribution in [0.25, 0.3) is 0 Å². The Hall–Kier alpha value is -0.780. The van der Waals surface area contributed by atoms with Crippen molar-refractivity contribution < 1.29 is 0 Å². The maximum Gasteiger partial charge on any atom is -0.0306 e. The van der Waals surface area contributed by atoms with Crippen LogP contribution in [-0.2, 0) is 0 Å². The van der Waals surface area contributed by atoms with E-state index in [4.69, 9.17) is 0 Å². The highest BCUT2D eigenvalue weighted by atomic mass is 14.0. The summed E-state index contributed by atoms with van der Waals surface area (Å²) in [5.41, 5.74) is 4.01. The van der Waals surface area contributed by atoms with E-state index in [9.17, 15) is 0 Å². The molecule has 0 unspecified atom stereocenters. The minimum absolute atomic E-state index is 1.11. The first-order valence-corrected chi connectivity index (χ1v) is 3.91. The van der Waals surface area contributed by atoms with Crippen molar-refractivity contribution in [3.05, 3.63) is 36.5 Å². The largest absolute Gasteiger partial charge is 0.106 e. The van der Waals surface area contributed by atoms with Crippen LogP contribution in [0.2, 0.25) is 0 Å². The number of rotatable bonds is 2. The molecule has 0 rings (SSSR count). The van der Waals surface area contributed by atoms with Crippen molar-refractivity contribution in [2.24, 2.45) is 0 Å². The first-order valence-electron chi connectivity index (χ1n) is 3.91. The van der Waals surface area contributed by atoms with E-state index in [0.717, 1.165) is 6.42 Å². The van der Waals surface area contributed by atoms with Crippen LogP contribution in [0, 0.1) is 0 Å². The van der Waals surface area contributed by atoms with Crippen molar-refractivity contribution in [3.8, 4) is 0 Å². The van der Waals surface area contributed by atoms with Gasteiger partial charge in [0.15, 0.2) is 0 Å². The molecule has 0 N–H and O–H groups in total. The molecule has 0 aliphatic rings. The zero-order valence-electron chi connectivity index (χ0n) is 8.33. The smallest absolute Gasteiger partial charge is 0.0306 e. The third kappa shape index (κ3) is 5.65. The quantitative estimate of drug-likeness (QED) is 0.412. The Morgan fingerprint density at radius 3 is 1.45 bits per heavy atom. The molecule has 0 heterocycles. The van der Waals surface area contributed by atoms with Gasteiger partial charge in [-0.25, -0.2) is 0 Å². The van der Waals surface area contributed by atoms with Gasteiger partial charge in [0.1, 0.15) is 0 Å². The predicted molar refractivity (Wildman–Crippen MR) is 54.7 cm³/mol. The van der Waals surface area contributed by atoms with Crippen molar-refractivity contribution in [2.75, 3.05) is 0 Å². The van der Waals surface area contributed by atoms with Crippen LogP contribution in [0.15, 0.2) is 36.5 Å². The summed E-state index contributed by atoms with van der Waals surface area (Å²) < 4.78 is 0. The maximum absolute atomic E-state index is 3.89. The Morgan fingerprint density at radius 2 is 1.45 bits per heavy atom. The molecule has 0 aromatic carbocycles. The molecule has 0 aromatic heterocycles. The second kappa shape index (κ2) is 7.33. The normalized spacial score (nSPS) is 7.64. The van der Waals surface area contributed by atoms with E-state index < -0.39 is 0 Å². The fourth-order valence-corrected chi connectivity index (χ4v) is 1.08. The molecule has 0 heteroatoms. The molecule has 0 fully saturated rings. The molecule has 0 saturated heterocycles. The minimum Gasteiger partial charge on any atom is -0.106 e. The Kier molecular flexibility index (Phi) is 8.57. The molecule has 0 nitrogen and oxygen atoms in total. The second-order valence-electron chi connectivity index (χ2n) is 2.61. The van der Waals surface area contributed by atoms with Crippen molar-refractivity contribution in [2.45, 2.75) is 34.1 Å². The lowest BCUT2D eigenvalue weighted by molar-refractivity contribution is 1.06. The van der Waals surface area contributed by atoms with Gasteiger partial charge in [-0.1, -0.05) is 24.6 Å². The first-order chi connectivity index (χ1) is 5.09. The second-order valence-corrected chi connectivity index (χ2v) is 2.61. The van der Waals surface area contributed by atoms with Gasteiger partial charge in [-0.2, -0.15) is 0 Å². The molecule has 0 bridgehead atoms.